The van der Waals surface area contributed by atoms with E-state index in [9.17, 15) is 28.8 Å². The molecular formula is C23H29N6O11P. The van der Waals surface area contributed by atoms with E-state index in [1.165, 1.54) is 38.1 Å². The minimum atomic E-state index is -4.56. The Hall–Kier alpha value is -3.98. The lowest BCUT2D eigenvalue weighted by molar-refractivity contribution is -0.142. The van der Waals surface area contributed by atoms with Crippen LogP contribution in [-0.4, -0.2) is 70.7 Å². The first-order valence-corrected chi connectivity index (χ1v) is 13.7. The predicted molar refractivity (Wildman–Crippen MR) is 140 cm³/mol. The molecule has 18 heteroatoms. The number of aliphatic hydroxyl groups is 1. The van der Waals surface area contributed by atoms with Crippen LogP contribution in [0.5, 0.6) is 5.75 Å². The van der Waals surface area contributed by atoms with Crippen molar-refractivity contribution in [1.82, 2.24) is 14.6 Å². The van der Waals surface area contributed by atoms with Gasteiger partial charge < -0.3 is 23.8 Å². The molecule has 1 aliphatic heterocycles. The Morgan fingerprint density at radius 3 is 2.68 bits per heavy atom. The number of carbonyl (C=O) groups is 2. The van der Waals surface area contributed by atoms with Gasteiger partial charge in [0.15, 0.2) is 6.23 Å². The number of methoxy groups -OCH3 is 1. The van der Waals surface area contributed by atoms with Gasteiger partial charge in [-0.15, -0.1) is 0 Å². The number of H-pyrrole nitrogens is 1. The number of aromatic amines is 1. The zero-order valence-corrected chi connectivity index (χ0v) is 23.3. The van der Waals surface area contributed by atoms with Gasteiger partial charge in [-0.3, -0.25) is 23.7 Å². The molecule has 1 aromatic heterocycles. The van der Waals surface area contributed by atoms with E-state index in [-0.39, 0.29) is 17.9 Å². The van der Waals surface area contributed by atoms with Gasteiger partial charge in [0.05, 0.1) is 26.4 Å². The first kappa shape index (κ1) is 31.5. The summed E-state index contributed by atoms with van der Waals surface area (Å²) in [4.78, 5) is 53.2. The van der Waals surface area contributed by atoms with Crippen molar-refractivity contribution >= 4 is 19.7 Å². The summed E-state index contributed by atoms with van der Waals surface area (Å²) in [5.74, 6) is -1.80. The lowest BCUT2D eigenvalue weighted by Gasteiger charge is -2.28. The Labute approximate surface area is 232 Å². The maximum Gasteiger partial charge on any atom is 0.459 e. The molecule has 6 atom stereocenters. The van der Waals surface area contributed by atoms with E-state index in [1.54, 1.807) is 6.92 Å². The molecule has 3 rings (SSSR count). The third-order valence-corrected chi connectivity index (χ3v) is 7.66. The highest BCUT2D eigenvalue weighted by Gasteiger charge is 2.55. The summed E-state index contributed by atoms with van der Waals surface area (Å²) < 4.78 is 41.4. The molecule has 222 valence electrons. The topological polar surface area (TPSA) is 233 Å². The van der Waals surface area contributed by atoms with Crippen LogP contribution < -0.4 is 20.9 Å². The van der Waals surface area contributed by atoms with Crippen LogP contribution in [0.3, 0.4) is 0 Å². The van der Waals surface area contributed by atoms with Crippen LogP contribution in [0.4, 0.5) is 0 Å². The Morgan fingerprint density at radius 1 is 1.34 bits per heavy atom. The molecule has 1 saturated heterocycles. The van der Waals surface area contributed by atoms with Crippen LogP contribution in [0.2, 0.25) is 0 Å². The van der Waals surface area contributed by atoms with Crippen molar-refractivity contribution in [2.75, 3.05) is 20.3 Å². The molecule has 0 bridgehead atoms. The normalized spacial score (nSPS) is 24.0. The predicted octanol–water partition coefficient (Wildman–Crippen LogP) is 1.40. The molecule has 3 N–H and O–H groups in total. The van der Waals surface area contributed by atoms with Gasteiger partial charge in [-0.1, -0.05) is 17.2 Å². The fraction of sp³-hybridized carbons (Fsp3) is 0.478. The molecule has 0 radical (unpaired) electrons. The number of azide groups is 1. The third kappa shape index (κ3) is 7.03. The Morgan fingerprint density at radius 2 is 2.05 bits per heavy atom. The SMILES string of the molecule is CCOC(=O)c1ccccc1OP(=O)(N[C@@H](C)C(=O)OC)OC[C@H]1O[C@@H](n2ccc(=O)[nH]c2=O)[C@](C)(N=[N+]=[N-])[C@@H]1O. The van der Waals surface area contributed by atoms with Crippen LogP contribution in [-0.2, 0) is 28.1 Å². The van der Waals surface area contributed by atoms with Gasteiger partial charge in [0.2, 0.25) is 0 Å². The number of aromatic nitrogens is 2. The molecule has 1 aromatic carbocycles. The second-order valence-corrected chi connectivity index (χ2v) is 10.6. The average molecular weight is 596 g/mol. The van der Waals surface area contributed by atoms with Crippen molar-refractivity contribution < 1.29 is 42.5 Å². The number of carbonyl (C=O) groups excluding carboxylic acids is 2. The maximum absolute atomic E-state index is 13.9. The smallest absolute Gasteiger partial charge is 0.459 e. The van der Waals surface area contributed by atoms with Crippen LogP contribution in [0.1, 0.15) is 37.4 Å². The zero-order chi connectivity index (χ0) is 30.4. The molecule has 1 unspecified atom stereocenters. The summed E-state index contributed by atoms with van der Waals surface area (Å²) in [5.41, 5.74) is 5.66. The van der Waals surface area contributed by atoms with E-state index in [1.807, 2.05) is 4.98 Å². The Balaban J connectivity index is 1.94. The third-order valence-electron chi connectivity index (χ3n) is 6.03. The highest BCUT2D eigenvalue weighted by molar-refractivity contribution is 7.52. The summed E-state index contributed by atoms with van der Waals surface area (Å²) in [6, 6.07) is 5.50. The molecule has 0 amide bonds. The quantitative estimate of drug-likeness (QED) is 0.104. The molecule has 41 heavy (non-hydrogen) atoms. The molecular weight excluding hydrogens is 567 g/mol. The number of aliphatic hydroxyl groups excluding tert-OH is 1. The second-order valence-electron chi connectivity index (χ2n) is 8.88. The fourth-order valence-corrected chi connectivity index (χ4v) is 5.50. The maximum atomic E-state index is 13.9. The van der Waals surface area contributed by atoms with E-state index in [4.69, 9.17) is 24.1 Å². The molecule has 0 aliphatic carbocycles. The highest BCUT2D eigenvalue weighted by atomic mass is 31.2. The van der Waals surface area contributed by atoms with Gasteiger partial charge in [0.25, 0.3) is 5.56 Å². The van der Waals surface area contributed by atoms with Gasteiger partial charge in [-0.2, -0.15) is 5.09 Å². The summed E-state index contributed by atoms with van der Waals surface area (Å²) in [6.45, 7) is 3.59. The lowest BCUT2D eigenvalue weighted by Crippen LogP contribution is -2.45. The monoisotopic (exact) mass is 596 g/mol. The highest BCUT2D eigenvalue weighted by Crippen LogP contribution is 2.48. The average Bonchev–Trinajstić information content (AvgIpc) is 3.17. The van der Waals surface area contributed by atoms with E-state index in [0.717, 1.165) is 23.9 Å². The van der Waals surface area contributed by atoms with Gasteiger partial charge in [0.1, 0.15) is 29.0 Å². The second kappa shape index (κ2) is 13.1. The van der Waals surface area contributed by atoms with Gasteiger partial charge >= 0.3 is 25.4 Å². The number of nitrogens with one attached hydrogen (secondary N) is 2. The van der Waals surface area contributed by atoms with Crippen molar-refractivity contribution in [3.63, 3.8) is 0 Å². The fourth-order valence-electron chi connectivity index (χ4n) is 3.98. The molecule has 0 spiro atoms. The Kier molecular flexibility index (Phi) is 10.1. The summed E-state index contributed by atoms with van der Waals surface area (Å²) in [5, 5.41) is 17.1. The Bertz CT molecular complexity index is 1490. The zero-order valence-electron chi connectivity index (χ0n) is 22.5. The van der Waals surface area contributed by atoms with Gasteiger partial charge in [0, 0.05) is 17.2 Å². The summed E-state index contributed by atoms with van der Waals surface area (Å²) in [7, 11) is -3.45. The van der Waals surface area contributed by atoms with Crippen molar-refractivity contribution in [2.24, 2.45) is 5.11 Å². The number of ether oxygens (including phenoxy) is 3. The van der Waals surface area contributed by atoms with E-state index in [0.29, 0.717) is 0 Å². The van der Waals surface area contributed by atoms with Crippen molar-refractivity contribution in [3.05, 3.63) is 73.4 Å². The number of para-hydroxylation sites is 1. The number of nitrogens with zero attached hydrogens (tertiary/aromatic N) is 4. The van der Waals surface area contributed by atoms with E-state index < -0.39 is 67.6 Å². The van der Waals surface area contributed by atoms with Gasteiger partial charge in [-0.05, 0) is 38.4 Å². The first-order chi connectivity index (χ1) is 19.4. The van der Waals surface area contributed by atoms with E-state index >= 15 is 0 Å². The molecule has 17 nitrogen and oxygen atoms in total. The van der Waals surface area contributed by atoms with Crippen molar-refractivity contribution in [2.45, 2.75) is 50.8 Å². The van der Waals surface area contributed by atoms with Crippen LogP contribution in [0.15, 0.2) is 51.2 Å². The number of benzene rings is 1. The molecule has 1 aliphatic rings. The van der Waals surface area contributed by atoms with Crippen LogP contribution in [0, 0.1) is 0 Å². The van der Waals surface area contributed by atoms with Crippen molar-refractivity contribution in [1.29, 1.82) is 0 Å². The largest absolute Gasteiger partial charge is 0.468 e. The summed E-state index contributed by atoms with van der Waals surface area (Å²) >= 11 is 0. The standard InChI is InChI=1S/C23H29N6O11P/c1-5-37-20(33)14-8-6-7-9-15(14)40-41(35,26-13(2)19(32)36-4)38-12-16-18(31)23(3,27-28-24)21(39-16)29-11-10-17(30)25-22(29)34/h6-11,13,16,18,21,31H,5,12H2,1-4H3,(H,26,35)(H,25,30,34)/t13-,16+,18+,21+,23+,41?/m0/s1. The van der Waals surface area contributed by atoms with Crippen LogP contribution >= 0.6 is 7.75 Å². The minimum absolute atomic E-state index is 0.0549. The van der Waals surface area contributed by atoms with Crippen molar-refractivity contribution in [3.8, 4) is 5.75 Å². The van der Waals surface area contributed by atoms with Crippen LogP contribution in [0.25, 0.3) is 10.4 Å². The molecule has 1 fully saturated rings. The van der Waals surface area contributed by atoms with Gasteiger partial charge in [-0.25, -0.2) is 14.2 Å². The lowest BCUT2D eigenvalue weighted by atomic mass is 9.93. The van der Waals surface area contributed by atoms with E-state index in [2.05, 4.69) is 19.9 Å². The molecule has 2 heterocycles. The molecule has 2 aromatic rings. The first-order valence-electron chi connectivity index (χ1n) is 12.2. The summed E-state index contributed by atoms with van der Waals surface area (Å²) in [6.07, 6.45) is -3.33. The number of hydrogen-bond acceptors (Lipinski definition) is 12. The number of esters is 2. The minimum Gasteiger partial charge on any atom is -0.468 e. The number of hydrogen-bond donors (Lipinski definition) is 3. The molecule has 0 saturated carbocycles. The number of rotatable bonds is 12.